The Hall–Kier alpha value is -3.43. The molecule has 0 saturated carbocycles. The number of benzene rings is 1. The minimum Gasteiger partial charge on any atom is -0.363 e. The highest BCUT2D eigenvalue weighted by Gasteiger charge is 2.26. The number of halogens is 3. The lowest BCUT2D eigenvalue weighted by Gasteiger charge is -2.21. The predicted octanol–water partition coefficient (Wildman–Crippen LogP) is 4.61. The van der Waals surface area contributed by atoms with E-state index in [0.29, 0.717) is 34.8 Å². The van der Waals surface area contributed by atoms with Gasteiger partial charge < -0.3 is 15.5 Å². The Morgan fingerprint density at radius 2 is 1.91 bits per heavy atom. The molecule has 0 bridgehead atoms. The van der Waals surface area contributed by atoms with E-state index in [1.807, 2.05) is 13.0 Å². The molecule has 1 aliphatic heterocycles. The van der Waals surface area contributed by atoms with Gasteiger partial charge in [0.15, 0.2) is 0 Å². The molecule has 0 unspecified atom stereocenters. The quantitative estimate of drug-likeness (QED) is 0.545. The Bertz CT molecular complexity index is 1240. The van der Waals surface area contributed by atoms with E-state index in [-0.39, 0.29) is 17.5 Å². The molecule has 2 aromatic heterocycles. The molecule has 7 nitrogen and oxygen atoms in total. The normalized spacial score (nSPS) is 16.8. The molecule has 180 valence electrons. The number of hydrogen-bond donors (Lipinski definition) is 2. The summed E-state index contributed by atoms with van der Waals surface area (Å²) in [4.78, 5) is 27.3. The van der Waals surface area contributed by atoms with Gasteiger partial charge in [-0.3, -0.25) is 4.79 Å². The molecule has 0 aliphatic carbocycles. The van der Waals surface area contributed by atoms with Gasteiger partial charge in [0.2, 0.25) is 5.91 Å². The summed E-state index contributed by atoms with van der Waals surface area (Å²) < 4.78 is 41.1. The summed E-state index contributed by atoms with van der Waals surface area (Å²) in [5.74, 6) is 0.718. The highest BCUT2D eigenvalue weighted by molar-refractivity contribution is 5.92. The summed E-state index contributed by atoms with van der Waals surface area (Å²) >= 11 is 0. The molecule has 0 radical (unpaired) electrons. The molecular weight excluding hydrogens is 445 g/mol. The molecule has 1 saturated heterocycles. The van der Waals surface area contributed by atoms with Crippen LogP contribution in [0.25, 0.3) is 10.9 Å². The number of aromatic nitrogens is 3. The van der Waals surface area contributed by atoms with E-state index in [1.165, 1.54) is 19.1 Å². The molecule has 1 aliphatic rings. The highest BCUT2D eigenvalue weighted by atomic mass is 19.3. The zero-order valence-corrected chi connectivity index (χ0v) is 19.5. The molecule has 10 heteroatoms. The van der Waals surface area contributed by atoms with Crippen LogP contribution in [0.5, 0.6) is 0 Å². The Balaban J connectivity index is 1.69. The van der Waals surface area contributed by atoms with Gasteiger partial charge in [0.1, 0.15) is 23.3 Å². The summed E-state index contributed by atoms with van der Waals surface area (Å²) in [6.45, 7) is 8.18. The average molecular weight is 473 g/mol. The van der Waals surface area contributed by atoms with E-state index in [0.717, 1.165) is 24.8 Å². The SMILES string of the molecule is CC(=O)N[C@@H]1CCN(c2cc3c(N[C@H](C)c4cccc(C(F)F)c4F)nc(C)nc3c(C)n2)C1. The third-order valence-electron chi connectivity index (χ3n) is 5.99. The zero-order chi connectivity index (χ0) is 24.6. The fourth-order valence-corrected chi connectivity index (χ4v) is 4.38. The number of alkyl halides is 2. The number of amides is 1. The van der Waals surface area contributed by atoms with Crippen molar-refractivity contribution in [2.75, 3.05) is 23.3 Å². The molecule has 0 spiro atoms. The first kappa shape index (κ1) is 23.7. The molecule has 4 rings (SSSR count). The lowest BCUT2D eigenvalue weighted by molar-refractivity contribution is -0.119. The Morgan fingerprint density at radius 1 is 1.18 bits per heavy atom. The van der Waals surface area contributed by atoms with Crippen molar-refractivity contribution in [3.05, 3.63) is 52.7 Å². The first-order valence-corrected chi connectivity index (χ1v) is 11.1. The van der Waals surface area contributed by atoms with Crippen LogP contribution in [0.1, 0.15) is 55.4 Å². The van der Waals surface area contributed by atoms with Crippen molar-refractivity contribution in [3.8, 4) is 0 Å². The summed E-state index contributed by atoms with van der Waals surface area (Å²) in [5.41, 5.74) is 0.874. The summed E-state index contributed by atoms with van der Waals surface area (Å²) in [6.07, 6.45) is -2.09. The molecule has 3 aromatic rings. The van der Waals surface area contributed by atoms with Crippen molar-refractivity contribution in [1.29, 1.82) is 0 Å². The van der Waals surface area contributed by atoms with Crippen LogP contribution in [-0.4, -0.2) is 40.0 Å². The van der Waals surface area contributed by atoms with Crippen LogP contribution < -0.4 is 15.5 Å². The largest absolute Gasteiger partial charge is 0.363 e. The van der Waals surface area contributed by atoms with Crippen molar-refractivity contribution in [3.63, 3.8) is 0 Å². The maximum Gasteiger partial charge on any atom is 0.266 e. The van der Waals surface area contributed by atoms with Gasteiger partial charge in [-0.25, -0.2) is 28.1 Å². The van der Waals surface area contributed by atoms with Crippen LogP contribution in [0.3, 0.4) is 0 Å². The second-order valence-electron chi connectivity index (χ2n) is 8.63. The predicted molar refractivity (Wildman–Crippen MR) is 125 cm³/mol. The lowest BCUT2D eigenvalue weighted by atomic mass is 10.0. The lowest BCUT2D eigenvalue weighted by Crippen LogP contribution is -2.35. The van der Waals surface area contributed by atoms with Gasteiger partial charge in [0, 0.05) is 37.0 Å². The van der Waals surface area contributed by atoms with Gasteiger partial charge in [0.25, 0.3) is 6.43 Å². The Labute approximate surface area is 195 Å². The molecule has 3 heterocycles. The Kier molecular flexibility index (Phi) is 6.58. The fourth-order valence-electron chi connectivity index (χ4n) is 4.38. The smallest absolute Gasteiger partial charge is 0.266 e. The second kappa shape index (κ2) is 9.44. The number of nitrogens with one attached hydrogen (secondary N) is 2. The van der Waals surface area contributed by atoms with Gasteiger partial charge in [-0.05, 0) is 33.3 Å². The van der Waals surface area contributed by atoms with Crippen LogP contribution in [0, 0.1) is 19.7 Å². The minimum absolute atomic E-state index is 0.0484. The average Bonchev–Trinajstić information content (AvgIpc) is 3.22. The van der Waals surface area contributed by atoms with Crippen LogP contribution >= 0.6 is 0 Å². The highest BCUT2D eigenvalue weighted by Crippen LogP contribution is 2.32. The van der Waals surface area contributed by atoms with E-state index >= 15 is 0 Å². The van der Waals surface area contributed by atoms with Gasteiger partial charge in [-0.2, -0.15) is 0 Å². The molecule has 2 N–H and O–H groups in total. The van der Waals surface area contributed by atoms with Gasteiger partial charge >= 0.3 is 0 Å². The number of carbonyl (C=O) groups is 1. The molecule has 1 aromatic carbocycles. The number of aryl methyl sites for hydroxylation is 2. The third-order valence-corrected chi connectivity index (χ3v) is 5.99. The summed E-state index contributed by atoms with van der Waals surface area (Å²) in [7, 11) is 0. The summed E-state index contributed by atoms with van der Waals surface area (Å²) in [5, 5.41) is 6.83. The van der Waals surface area contributed by atoms with Crippen LogP contribution in [0.2, 0.25) is 0 Å². The van der Waals surface area contributed by atoms with Crippen molar-refractivity contribution in [1.82, 2.24) is 20.3 Å². The van der Waals surface area contributed by atoms with Gasteiger partial charge in [-0.1, -0.05) is 18.2 Å². The zero-order valence-electron chi connectivity index (χ0n) is 19.5. The molecule has 1 fully saturated rings. The minimum atomic E-state index is -2.90. The van der Waals surface area contributed by atoms with Crippen molar-refractivity contribution >= 4 is 28.4 Å². The molecule has 2 atom stereocenters. The van der Waals surface area contributed by atoms with Crippen molar-refractivity contribution < 1.29 is 18.0 Å². The number of fused-ring (bicyclic) bond motifs is 1. The first-order valence-electron chi connectivity index (χ1n) is 11.1. The first-order chi connectivity index (χ1) is 16.1. The van der Waals surface area contributed by atoms with Crippen LogP contribution in [-0.2, 0) is 4.79 Å². The number of nitrogens with zero attached hydrogens (tertiary/aromatic N) is 4. The standard InChI is InChI=1S/C24H27F3N6O/c1-12(17-6-5-7-18(21(17)25)23(26)27)29-24-19-10-20(28-13(2)22(19)30-14(3)31-24)33-9-8-16(11-33)32-15(4)34/h5-7,10,12,16,23H,8-9,11H2,1-4H3,(H,32,34)(H,29,30,31)/t12-,16-/m1/s1. The maximum absolute atomic E-state index is 14.7. The molecule has 1 amide bonds. The van der Waals surface area contributed by atoms with Gasteiger partial charge in [0.05, 0.1) is 22.8 Å². The second-order valence-corrected chi connectivity index (χ2v) is 8.63. The molecule has 34 heavy (non-hydrogen) atoms. The maximum atomic E-state index is 14.7. The van der Waals surface area contributed by atoms with E-state index in [4.69, 9.17) is 4.98 Å². The summed E-state index contributed by atoms with van der Waals surface area (Å²) in [6, 6.07) is 5.30. The van der Waals surface area contributed by atoms with E-state index in [1.54, 1.807) is 13.8 Å². The van der Waals surface area contributed by atoms with Crippen molar-refractivity contribution in [2.24, 2.45) is 0 Å². The number of carbonyl (C=O) groups excluding carboxylic acids is 1. The van der Waals surface area contributed by atoms with Crippen LogP contribution in [0.4, 0.5) is 24.8 Å². The van der Waals surface area contributed by atoms with E-state index in [9.17, 15) is 18.0 Å². The van der Waals surface area contributed by atoms with Gasteiger partial charge in [-0.15, -0.1) is 0 Å². The Morgan fingerprint density at radius 3 is 2.62 bits per heavy atom. The number of anilines is 2. The number of hydrogen-bond acceptors (Lipinski definition) is 6. The van der Waals surface area contributed by atoms with E-state index < -0.39 is 23.8 Å². The van der Waals surface area contributed by atoms with Crippen molar-refractivity contribution in [2.45, 2.75) is 52.6 Å². The fraction of sp³-hybridized carbons (Fsp3) is 0.417. The molecular formula is C24H27F3N6O. The number of rotatable bonds is 6. The third kappa shape index (κ3) is 4.76. The monoisotopic (exact) mass is 472 g/mol. The topological polar surface area (TPSA) is 83.0 Å². The number of pyridine rings is 1. The van der Waals surface area contributed by atoms with E-state index in [2.05, 4.69) is 25.5 Å². The van der Waals surface area contributed by atoms with Crippen LogP contribution in [0.15, 0.2) is 24.3 Å².